The Kier molecular flexibility index (Phi) is 3.46. The van der Waals surface area contributed by atoms with Crippen molar-refractivity contribution in [2.45, 2.75) is 33.2 Å². The molecule has 0 saturated carbocycles. The molecule has 0 aliphatic heterocycles. The monoisotopic (exact) mass is 259 g/mol. The standard InChI is InChI=1S/C14H21N5/c1-6-7-19-13(15)12(16-14(19)9(2)3)11-8-18(5)17-10(11)4/h6,8-9H,1,7,15H2,2-5H3. The maximum absolute atomic E-state index is 6.25. The number of aromatic nitrogens is 4. The molecule has 0 saturated heterocycles. The molecule has 0 aliphatic rings. The number of hydrogen-bond acceptors (Lipinski definition) is 3. The second-order valence-electron chi connectivity index (χ2n) is 5.06. The molecule has 0 fully saturated rings. The molecule has 2 aromatic rings. The highest BCUT2D eigenvalue weighted by Crippen LogP contribution is 2.30. The van der Waals surface area contributed by atoms with Crippen LogP contribution >= 0.6 is 0 Å². The lowest BCUT2D eigenvalue weighted by Crippen LogP contribution is -2.07. The van der Waals surface area contributed by atoms with Crippen LogP contribution in [0.1, 0.15) is 31.3 Å². The molecule has 2 rings (SSSR count). The number of allylic oxidation sites excluding steroid dienone is 1. The van der Waals surface area contributed by atoms with E-state index in [1.807, 2.05) is 30.8 Å². The molecule has 19 heavy (non-hydrogen) atoms. The SMILES string of the molecule is C=CCn1c(C(C)C)nc(-c2cn(C)nc2C)c1N. The van der Waals surface area contributed by atoms with Crippen LogP contribution in [0.2, 0.25) is 0 Å². The van der Waals surface area contributed by atoms with E-state index in [0.29, 0.717) is 18.3 Å². The Hall–Kier alpha value is -2.04. The predicted octanol–water partition coefficient (Wildman–Crippen LogP) is 2.48. The summed E-state index contributed by atoms with van der Waals surface area (Å²) in [6.07, 6.45) is 3.79. The van der Waals surface area contributed by atoms with Crippen LogP contribution in [0.3, 0.4) is 0 Å². The first-order chi connectivity index (χ1) is 8.95. The van der Waals surface area contributed by atoms with Crippen LogP contribution in [0, 0.1) is 6.92 Å². The maximum Gasteiger partial charge on any atom is 0.132 e. The summed E-state index contributed by atoms with van der Waals surface area (Å²) < 4.78 is 3.80. The van der Waals surface area contributed by atoms with Crippen LogP contribution in [-0.2, 0) is 13.6 Å². The third-order valence-electron chi connectivity index (χ3n) is 3.13. The Morgan fingerprint density at radius 1 is 1.47 bits per heavy atom. The molecule has 2 aromatic heterocycles. The van der Waals surface area contributed by atoms with Gasteiger partial charge in [0.25, 0.3) is 0 Å². The average Bonchev–Trinajstić information content (AvgIpc) is 2.81. The normalized spacial score (nSPS) is 11.2. The quantitative estimate of drug-likeness (QED) is 0.858. The number of nitrogen functional groups attached to an aromatic ring is 1. The third-order valence-corrected chi connectivity index (χ3v) is 3.13. The lowest BCUT2D eigenvalue weighted by molar-refractivity contribution is 0.684. The molecule has 0 bridgehead atoms. The summed E-state index contributed by atoms with van der Waals surface area (Å²) in [6, 6.07) is 0. The van der Waals surface area contributed by atoms with E-state index in [1.54, 1.807) is 4.68 Å². The Bertz CT molecular complexity index is 604. The minimum absolute atomic E-state index is 0.313. The summed E-state index contributed by atoms with van der Waals surface area (Å²) in [7, 11) is 1.90. The Morgan fingerprint density at radius 3 is 2.63 bits per heavy atom. The van der Waals surface area contributed by atoms with Gasteiger partial charge in [-0.1, -0.05) is 19.9 Å². The number of nitrogens with zero attached hydrogens (tertiary/aromatic N) is 4. The van der Waals surface area contributed by atoms with Gasteiger partial charge in [0, 0.05) is 31.3 Å². The Balaban J connectivity index is 2.62. The topological polar surface area (TPSA) is 61.7 Å². The van der Waals surface area contributed by atoms with E-state index < -0.39 is 0 Å². The molecule has 0 unspecified atom stereocenters. The fraction of sp³-hybridized carbons (Fsp3) is 0.429. The number of nitrogens with two attached hydrogens (primary N) is 1. The predicted molar refractivity (Wildman–Crippen MR) is 77.9 cm³/mol. The lowest BCUT2D eigenvalue weighted by Gasteiger charge is -2.08. The van der Waals surface area contributed by atoms with Gasteiger partial charge in [0.1, 0.15) is 17.3 Å². The van der Waals surface area contributed by atoms with Gasteiger partial charge in [-0.25, -0.2) is 4.98 Å². The van der Waals surface area contributed by atoms with Gasteiger partial charge in [0.15, 0.2) is 0 Å². The summed E-state index contributed by atoms with van der Waals surface area (Å²) in [6.45, 7) is 10.6. The number of aryl methyl sites for hydroxylation is 2. The van der Waals surface area contributed by atoms with Gasteiger partial charge in [-0.2, -0.15) is 5.10 Å². The average molecular weight is 259 g/mol. The lowest BCUT2D eigenvalue weighted by atomic mass is 10.2. The van der Waals surface area contributed by atoms with Crippen molar-refractivity contribution in [2.24, 2.45) is 7.05 Å². The summed E-state index contributed by atoms with van der Waals surface area (Å²) in [5.41, 5.74) is 9.00. The summed E-state index contributed by atoms with van der Waals surface area (Å²) >= 11 is 0. The molecular formula is C14H21N5. The first-order valence-corrected chi connectivity index (χ1v) is 6.43. The minimum atomic E-state index is 0.313. The van der Waals surface area contributed by atoms with Gasteiger partial charge in [-0.15, -0.1) is 6.58 Å². The van der Waals surface area contributed by atoms with Gasteiger partial charge < -0.3 is 10.3 Å². The van der Waals surface area contributed by atoms with Crippen molar-refractivity contribution >= 4 is 5.82 Å². The van der Waals surface area contributed by atoms with Gasteiger partial charge >= 0.3 is 0 Å². The van der Waals surface area contributed by atoms with Crippen LogP contribution in [0.25, 0.3) is 11.3 Å². The fourth-order valence-electron chi connectivity index (χ4n) is 2.28. The second-order valence-corrected chi connectivity index (χ2v) is 5.06. The van der Waals surface area contributed by atoms with Gasteiger partial charge in [-0.05, 0) is 6.92 Å². The minimum Gasteiger partial charge on any atom is -0.383 e. The van der Waals surface area contributed by atoms with Crippen LogP contribution in [-0.4, -0.2) is 19.3 Å². The first-order valence-electron chi connectivity index (χ1n) is 6.43. The fourth-order valence-corrected chi connectivity index (χ4v) is 2.28. The summed E-state index contributed by atoms with van der Waals surface area (Å²) in [5, 5.41) is 4.35. The van der Waals surface area contributed by atoms with E-state index >= 15 is 0 Å². The molecule has 0 aromatic carbocycles. The highest BCUT2D eigenvalue weighted by atomic mass is 15.3. The van der Waals surface area contributed by atoms with E-state index in [-0.39, 0.29) is 0 Å². The van der Waals surface area contributed by atoms with Crippen molar-refractivity contribution in [3.63, 3.8) is 0 Å². The zero-order valence-corrected chi connectivity index (χ0v) is 12.0. The maximum atomic E-state index is 6.25. The molecule has 0 spiro atoms. The van der Waals surface area contributed by atoms with E-state index in [9.17, 15) is 0 Å². The zero-order chi connectivity index (χ0) is 14.2. The van der Waals surface area contributed by atoms with Crippen molar-refractivity contribution in [1.29, 1.82) is 0 Å². The molecule has 0 aliphatic carbocycles. The smallest absolute Gasteiger partial charge is 0.132 e. The summed E-state index contributed by atoms with van der Waals surface area (Å²) in [5.74, 6) is 1.98. The second kappa shape index (κ2) is 4.91. The van der Waals surface area contributed by atoms with Gasteiger partial charge in [0.2, 0.25) is 0 Å². The van der Waals surface area contributed by atoms with E-state index in [4.69, 9.17) is 10.7 Å². The molecule has 5 heteroatoms. The van der Waals surface area contributed by atoms with Crippen molar-refractivity contribution in [1.82, 2.24) is 19.3 Å². The van der Waals surface area contributed by atoms with E-state index in [2.05, 4.69) is 25.5 Å². The van der Waals surface area contributed by atoms with Gasteiger partial charge in [0.05, 0.1) is 5.69 Å². The number of rotatable bonds is 4. The van der Waals surface area contributed by atoms with Crippen molar-refractivity contribution in [2.75, 3.05) is 5.73 Å². The largest absolute Gasteiger partial charge is 0.383 e. The van der Waals surface area contributed by atoms with Gasteiger partial charge in [-0.3, -0.25) is 4.68 Å². The number of anilines is 1. The Labute approximate surface area is 113 Å². The molecule has 102 valence electrons. The van der Waals surface area contributed by atoms with Crippen molar-refractivity contribution < 1.29 is 0 Å². The Morgan fingerprint density at radius 2 is 2.16 bits per heavy atom. The molecule has 0 radical (unpaired) electrons. The zero-order valence-electron chi connectivity index (χ0n) is 12.0. The molecule has 2 N–H and O–H groups in total. The summed E-state index contributed by atoms with van der Waals surface area (Å²) in [4.78, 5) is 4.71. The molecule has 0 atom stereocenters. The van der Waals surface area contributed by atoms with Crippen LogP contribution < -0.4 is 5.73 Å². The van der Waals surface area contributed by atoms with E-state index in [0.717, 1.165) is 22.8 Å². The van der Waals surface area contributed by atoms with Crippen LogP contribution in [0.4, 0.5) is 5.82 Å². The van der Waals surface area contributed by atoms with E-state index in [1.165, 1.54) is 0 Å². The van der Waals surface area contributed by atoms with Crippen LogP contribution in [0.5, 0.6) is 0 Å². The third kappa shape index (κ3) is 2.28. The van der Waals surface area contributed by atoms with Crippen LogP contribution in [0.15, 0.2) is 18.9 Å². The number of hydrogen-bond donors (Lipinski definition) is 1. The molecule has 5 nitrogen and oxygen atoms in total. The highest BCUT2D eigenvalue weighted by molar-refractivity contribution is 5.72. The van der Waals surface area contributed by atoms with Crippen molar-refractivity contribution in [3.05, 3.63) is 30.4 Å². The molecular weight excluding hydrogens is 238 g/mol. The highest BCUT2D eigenvalue weighted by Gasteiger charge is 2.20. The van der Waals surface area contributed by atoms with Crippen molar-refractivity contribution in [3.8, 4) is 11.3 Å². The first kappa shape index (κ1) is 13.4. The molecule has 0 amide bonds. The molecule has 2 heterocycles. The number of imidazole rings is 1.